The molecule has 0 heterocycles. The van der Waals surface area contributed by atoms with Crippen molar-refractivity contribution in [1.29, 1.82) is 0 Å². The van der Waals surface area contributed by atoms with Gasteiger partial charge in [-0.05, 0) is 23.8 Å². The van der Waals surface area contributed by atoms with Gasteiger partial charge in [0.1, 0.15) is 0 Å². The topological polar surface area (TPSA) is 26.0 Å². The van der Waals surface area contributed by atoms with Crippen LogP contribution in [0.5, 0.6) is 0 Å². The van der Waals surface area contributed by atoms with Crippen molar-refractivity contribution in [3.05, 3.63) is 42.0 Å². The van der Waals surface area contributed by atoms with Crippen LogP contribution < -0.4 is 5.73 Å². The molecule has 0 fully saturated rings. The summed E-state index contributed by atoms with van der Waals surface area (Å²) in [4.78, 5) is 0. The number of hydrogen-bond acceptors (Lipinski definition) is 1. The van der Waals surface area contributed by atoms with Gasteiger partial charge in [0.25, 0.3) is 0 Å². The SMILES string of the molecule is CCCCCCCCc1ccc2ccccc2c1N. The number of anilines is 1. The highest BCUT2D eigenvalue weighted by atomic mass is 14.6. The molecule has 0 atom stereocenters. The van der Waals surface area contributed by atoms with Gasteiger partial charge >= 0.3 is 0 Å². The number of nitrogens with two attached hydrogens (primary N) is 1. The zero-order chi connectivity index (χ0) is 13.5. The zero-order valence-corrected chi connectivity index (χ0v) is 12.0. The molecule has 2 aromatic rings. The van der Waals surface area contributed by atoms with Gasteiger partial charge in [-0.15, -0.1) is 0 Å². The molecular weight excluding hydrogens is 230 g/mol. The van der Waals surface area contributed by atoms with Crippen molar-refractivity contribution >= 4 is 16.5 Å². The van der Waals surface area contributed by atoms with Crippen molar-refractivity contribution in [2.75, 3.05) is 5.73 Å². The molecular formula is C18H25N. The molecule has 0 radical (unpaired) electrons. The van der Waals surface area contributed by atoms with E-state index >= 15 is 0 Å². The van der Waals surface area contributed by atoms with Crippen LogP contribution in [0, 0.1) is 0 Å². The number of nitrogen functional groups attached to an aromatic ring is 1. The predicted octanol–water partition coefficient (Wildman–Crippen LogP) is 5.33. The Morgan fingerprint density at radius 1 is 0.842 bits per heavy atom. The smallest absolute Gasteiger partial charge is 0.0426 e. The summed E-state index contributed by atoms with van der Waals surface area (Å²) < 4.78 is 0. The largest absolute Gasteiger partial charge is 0.398 e. The van der Waals surface area contributed by atoms with E-state index in [9.17, 15) is 0 Å². The first-order chi connectivity index (χ1) is 9.33. The Hall–Kier alpha value is -1.50. The zero-order valence-electron chi connectivity index (χ0n) is 12.0. The summed E-state index contributed by atoms with van der Waals surface area (Å²) in [7, 11) is 0. The van der Waals surface area contributed by atoms with Crippen LogP contribution in [0.4, 0.5) is 5.69 Å². The van der Waals surface area contributed by atoms with Crippen molar-refractivity contribution < 1.29 is 0 Å². The van der Waals surface area contributed by atoms with Gasteiger partial charge in [0, 0.05) is 11.1 Å². The van der Waals surface area contributed by atoms with Gasteiger partial charge in [-0.2, -0.15) is 0 Å². The Morgan fingerprint density at radius 3 is 2.42 bits per heavy atom. The number of rotatable bonds is 7. The van der Waals surface area contributed by atoms with E-state index < -0.39 is 0 Å². The third kappa shape index (κ3) is 3.73. The molecule has 2 rings (SSSR count). The number of fused-ring (bicyclic) bond motifs is 1. The van der Waals surface area contributed by atoms with E-state index in [-0.39, 0.29) is 0 Å². The third-order valence-electron chi connectivity index (χ3n) is 3.86. The maximum atomic E-state index is 6.28. The van der Waals surface area contributed by atoms with Crippen molar-refractivity contribution in [1.82, 2.24) is 0 Å². The summed E-state index contributed by atoms with van der Waals surface area (Å²) in [6.45, 7) is 2.26. The van der Waals surface area contributed by atoms with Gasteiger partial charge in [-0.1, -0.05) is 75.4 Å². The average molecular weight is 255 g/mol. The number of hydrogen-bond donors (Lipinski definition) is 1. The summed E-state index contributed by atoms with van der Waals surface area (Å²) in [6, 6.07) is 12.8. The molecule has 0 aliphatic heterocycles. The minimum absolute atomic E-state index is 0.978. The van der Waals surface area contributed by atoms with Crippen LogP contribution in [0.25, 0.3) is 10.8 Å². The Labute approximate surface area is 116 Å². The highest BCUT2D eigenvalue weighted by Gasteiger charge is 2.03. The second-order valence-corrected chi connectivity index (χ2v) is 5.38. The fourth-order valence-electron chi connectivity index (χ4n) is 2.65. The van der Waals surface area contributed by atoms with E-state index in [1.165, 1.54) is 54.9 Å². The van der Waals surface area contributed by atoms with Gasteiger partial charge in [0.15, 0.2) is 0 Å². The first-order valence-electron chi connectivity index (χ1n) is 7.59. The highest BCUT2D eigenvalue weighted by molar-refractivity contribution is 5.94. The van der Waals surface area contributed by atoms with Gasteiger partial charge < -0.3 is 5.73 Å². The van der Waals surface area contributed by atoms with E-state index in [0.29, 0.717) is 0 Å². The molecule has 0 spiro atoms. The molecule has 0 saturated carbocycles. The molecule has 0 amide bonds. The third-order valence-corrected chi connectivity index (χ3v) is 3.86. The first-order valence-corrected chi connectivity index (χ1v) is 7.59. The van der Waals surface area contributed by atoms with E-state index in [1.807, 2.05) is 0 Å². The molecule has 102 valence electrons. The molecule has 1 nitrogen and oxygen atoms in total. The monoisotopic (exact) mass is 255 g/mol. The number of aryl methyl sites for hydroxylation is 1. The molecule has 0 aliphatic rings. The summed E-state index contributed by atoms with van der Waals surface area (Å²) in [6.07, 6.45) is 9.13. The van der Waals surface area contributed by atoms with Gasteiger partial charge in [-0.3, -0.25) is 0 Å². The minimum atomic E-state index is 0.978. The molecule has 2 N–H and O–H groups in total. The van der Waals surface area contributed by atoms with Crippen LogP contribution in [-0.4, -0.2) is 0 Å². The molecule has 19 heavy (non-hydrogen) atoms. The first kappa shape index (κ1) is 13.9. The van der Waals surface area contributed by atoms with Crippen LogP contribution in [0.2, 0.25) is 0 Å². The maximum Gasteiger partial charge on any atom is 0.0426 e. The van der Waals surface area contributed by atoms with Crippen LogP contribution >= 0.6 is 0 Å². The fourth-order valence-corrected chi connectivity index (χ4v) is 2.65. The summed E-state index contributed by atoms with van der Waals surface area (Å²) in [5, 5.41) is 2.44. The standard InChI is InChI=1S/C18H25N/c1-2-3-4-5-6-7-11-16-14-13-15-10-8-9-12-17(15)18(16)19/h8-10,12-14H,2-7,11,19H2,1H3. The Balaban J connectivity index is 1.92. The summed E-state index contributed by atoms with van der Waals surface area (Å²) >= 11 is 0. The number of benzene rings is 2. The quantitative estimate of drug-likeness (QED) is 0.525. The second-order valence-electron chi connectivity index (χ2n) is 5.38. The van der Waals surface area contributed by atoms with Crippen LogP contribution in [-0.2, 0) is 6.42 Å². The fraction of sp³-hybridized carbons (Fsp3) is 0.444. The lowest BCUT2D eigenvalue weighted by molar-refractivity contribution is 0.608. The van der Waals surface area contributed by atoms with Gasteiger partial charge in [0.05, 0.1) is 0 Å². The van der Waals surface area contributed by atoms with E-state index in [0.717, 1.165) is 12.1 Å². The van der Waals surface area contributed by atoms with Crippen molar-refractivity contribution in [3.63, 3.8) is 0 Å². The molecule has 1 heteroatoms. The summed E-state index contributed by atoms with van der Waals surface area (Å²) in [5.41, 5.74) is 8.57. The predicted molar refractivity (Wildman–Crippen MR) is 85.4 cm³/mol. The van der Waals surface area contributed by atoms with E-state index in [4.69, 9.17) is 5.73 Å². The van der Waals surface area contributed by atoms with Gasteiger partial charge in [-0.25, -0.2) is 0 Å². The lowest BCUT2D eigenvalue weighted by atomic mass is 9.99. The molecule has 0 bridgehead atoms. The van der Waals surface area contributed by atoms with E-state index in [2.05, 4.69) is 43.3 Å². The normalized spacial score (nSPS) is 11.0. The molecule has 2 aromatic carbocycles. The van der Waals surface area contributed by atoms with Crippen molar-refractivity contribution in [2.45, 2.75) is 51.9 Å². The lowest BCUT2D eigenvalue weighted by Crippen LogP contribution is -1.96. The lowest BCUT2D eigenvalue weighted by Gasteiger charge is -2.09. The van der Waals surface area contributed by atoms with Gasteiger partial charge in [0.2, 0.25) is 0 Å². The Bertz CT molecular complexity index is 516. The van der Waals surface area contributed by atoms with Crippen LogP contribution in [0.15, 0.2) is 36.4 Å². The van der Waals surface area contributed by atoms with Crippen LogP contribution in [0.1, 0.15) is 51.0 Å². The Morgan fingerprint density at radius 2 is 1.58 bits per heavy atom. The minimum Gasteiger partial charge on any atom is -0.398 e. The summed E-state index contributed by atoms with van der Waals surface area (Å²) in [5.74, 6) is 0. The second kappa shape index (κ2) is 7.18. The average Bonchev–Trinajstić information content (AvgIpc) is 2.45. The number of unbranched alkanes of at least 4 members (excludes halogenated alkanes) is 5. The van der Waals surface area contributed by atoms with Crippen molar-refractivity contribution in [3.8, 4) is 0 Å². The Kier molecular flexibility index (Phi) is 5.26. The van der Waals surface area contributed by atoms with Crippen LogP contribution in [0.3, 0.4) is 0 Å². The van der Waals surface area contributed by atoms with E-state index in [1.54, 1.807) is 0 Å². The van der Waals surface area contributed by atoms with Crippen molar-refractivity contribution in [2.24, 2.45) is 0 Å². The highest BCUT2D eigenvalue weighted by Crippen LogP contribution is 2.26. The maximum absolute atomic E-state index is 6.28. The molecule has 0 aromatic heterocycles. The molecule has 0 saturated heterocycles. The molecule has 0 unspecified atom stereocenters. The molecule has 0 aliphatic carbocycles.